The van der Waals surface area contributed by atoms with E-state index in [1.165, 1.54) is 4.90 Å². The van der Waals surface area contributed by atoms with Gasteiger partial charge in [-0.1, -0.05) is 0 Å². The largest absolute Gasteiger partial charge is 0.486 e. The number of carbonyl (C=O) groups is 2. The van der Waals surface area contributed by atoms with E-state index < -0.39 is 6.09 Å². The Hall–Kier alpha value is -2.83. The van der Waals surface area contributed by atoms with E-state index in [1.54, 1.807) is 12.1 Å². The van der Waals surface area contributed by atoms with E-state index in [0.29, 0.717) is 36.7 Å². The monoisotopic (exact) mass is 356 g/mol. The zero-order valence-electron chi connectivity index (χ0n) is 14.5. The number of fused-ring (bicyclic) bond motifs is 1. The van der Waals surface area contributed by atoms with Crippen molar-refractivity contribution in [3.05, 3.63) is 46.2 Å². The quantitative estimate of drug-likeness (QED) is 0.827. The minimum Gasteiger partial charge on any atom is -0.486 e. The Balaban J connectivity index is 1.55. The number of nitrogens with zero attached hydrogens (tertiary/aromatic N) is 2. The lowest BCUT2D eigenvalue weighted by atomic mass is 9.97. The average Bonchev–Trinajstić information content (AvgIpc) is 3.42. The van der Waals surface area contributed by atoms with Crippen molar-refractivity contribution in [3.8, 4) is 5.75 Å². The first-order valence-electron chi connectivity index (χ1n) is 8.73. The van der Waals surface area contributed by atoms with Crippen molar-refractivity contribution in [2.75, 3.05) is 6.54 Å². The van der Waals surface area contributed by atoms with Crippen LogP contribution in [0.15, 0.2) is 16.5 Å². The number of aldehydes is 1. The molecule has 7 nitrogen and oxygen atoms in total. The molecule has 1 aromatic heterocycles. The Labute approximate surface area is 150 Å². The van der Waals surface area contributed by atoms with E-state index in [0.717, 1.165) is 47.6 Å². The molecule has 136 valence electrons. The molecule has 1 aliphatic heterocycles. The van der Waals surface area contributed by atoms with E-state index in [-0.39, 0.29) is 6.61 Å². The van der Waals surface area contributed by atoms with Crippen LogP contribution in [0.25, 0.3) is 0 Å². The summed E-state index contributed by atoms with van der Waals surface area (Å²) in [6.07, 6.45) is 2.64. The lowest BCUT2D eigenvalue weighted by Crippen LogP contribution is -2.34. The number of carbonyl (C=O) groups excluding carboxylic acids is 1. The SMILES string of the molecule is Cc1oc(C2CC2)nc1COc1cc2c(cc1C=O)CCN(C(=O)O)C2. The number of hydrogen-bond acceptors (Lipinski definition) is 5. The van der Waals surface area contributed by atoms with E-state index in [2.05, 4.69) is 4.98 Å². The topological polar surface area (TPSA) is 92.9 Å². The van der Waals surface area contributed by atoms with Gasteiger partial charge >= 0.3 is 6.09 Å². The van der Waals surface area contributed by atoms with Gasteiger partial charge in [0, 0.05) is 19.0 Å². The summed E-state index contributed by atoms with van der Waals surface area (Å²) in [6, 6.07) is 3.56. The predicted octanol–water partition coefficient (Wildman–Crippen LogP) is 3.29. The van der Waals surface area contributed by atoms with Gasteiger partial charge in [-0.2, -0.15) is 0 Å². The van der Waals surface area contributed by atoms with Crippen molar-refractivity contribution in [1.29, 1.82) is 0 Å². The summed E-state index contributed by atoms with van der Waals surface area (Å²) in [7, 11) is 0. The zero-order chi connectivity index (χ0) is 18.3. The molecule has 1 amide bonds. The minimum atomic E-state index is -0.941. The smallest absolute Gasteiger partial charge is 0.407 e. The van der Waals surface area contributed by atoms with Crippen LogP contribution in [0.3, 0.4) is 0 Å². The lowest BCUT2D eigenvalue weighted by Gasteiger charge is -2.27. The second-order valence-electron chi connectivity index (χ2n) is 6.85. The number of benzene rings is 1. The third kappa shape index (κ3) is 3.16. The van der Waals surface area contributed by atoms with Crippen LogP contribution in [0.2, 0.25) is 0 Å². The van der Waals surface area contributed by atoms with Gasteiger partial charge in [0.05, 0.1) is 5.56 Å². The normalized spacial score (nSPS) is 16.3. The van der Waals surface area contributed by atoms with Crippen molar-refractivity contribution in [2.24, 2.45) is 0 Å². The molecule has 0 bridgehead atoms. The Morgan fingerprint density at radius 1 is 1.42 bits per heavy atom. The van der Waals surface area contributed by atoms with Crippen LogP contribution >= 0.6 is 0 Å². The molecule has 7 heteroatoms. The van der Waals surface area contributed by atoms with Crippen molar-refractivity contribution >= 4 is 12.4 Å². The van der Waals surface area contributed by atoms with Crippen molar-refractivity contribution < 1.29 is 23.8 Å². The highest BCUT2D eigenvalue weighted by molar-refractivity contribution is 5.80. The van der Waals surface area contributed by atoms with E-state index >= 15 is 0 Å². The lowest BCUT2D eigenvalue weighted by molar-refractivity contribution is 0.111. The molecule has 0 radical (unpaired) electrons. The molecule has 0 unspecified atom stereocenters. The number of aryl methyl sites for hydroxylation is 1. The molecule has 1 fully saturated rings. The highest BCUT2D eigenvalue weighted by Crippen LogP contribution is 2.40. The second-order valence-corrected chi connectivity index (χ2v) is 6.85. The molecule has 1 aromatic carbocycles. The Kier molecular flexibility index (Phi) is 4.14. The standard InChI is InChI=1S/C19H20N2O5/c1-11-16(20-18(26-11)12-2-3-12)10-25-17-7-14-8-21(19(23)24)5-4-13(14)6-15(17)9-22/h6-7,9,12H,2-5,8,10H2,1H3,(H,23,24). The highest BCUT2D eigenvalue weighted by Gasteiger charge is 2.29. The number of oxazole rings is 1. The van der Waals surface area contributed by atoms with Crippen LogP contribution in [-0.4, -0.2) is 33.9 Å². The summed E-state index contributed by atoms with van der Waals surface area (Å²) in [5.41, 5.74) is 3.06. The highest BCUT2D eigenvalue weighted by atomic mass is 16.5. The maximum Gasteiger partial charge on any atom is 0.407 e. The van der Waals surface area contributed by atoms with E-state index in [1.807, 2.05) is 6.92 Å². The van der Waals surface area contributed by atoms with Crippen LogP contribution in [0.5, 0.6) is 5.75 Å². The predicted molar refractivity (Wildman–Crippen MR) is 91.5 cm³/mol. The maximum absolute atomic E-state index is 11.4. The van der Waals surface area contributed by atoms with Gasteiger partial charge in [0.1, 0.15) is 23.8 Å². The number of rotatable bonds is 5. The molecule has 1 saturated carbocycles. The molecule has 0 atom stereocenters. The van der Waals surface area contributed by atoms with Gasteiger partial charge in [-0.15, -0.1) is 0 Å². The van der Waals surface area contributed by atoms with Gasteiger partial charge in [-0.05, 0) is 49.4 Å². The third-order valence-corrected chi connectivity index (χ3v) is 4.94. The summed E-state index contributed by atoms with van der Waals surface area (Å²) in [4.78, 5) is 28.5. The van der Waals surface area contributed by atoms with Gasteiger partial charge in [-0.25, -0.2) is 9.78 Å². The van der Waals surface area contributed by atoms with Crippen molar-refractivity contribution in [3.63, 3.8) is 0 Å². The van der Waals surface area contributed by atoms with Gasteiger partial charge in [0.2, 0.25) is 0 Å². The average molecular weight is 356 g/mol. The third-order valence-electron chi connectivity index (χ3n) is 4.94. The fourth-order valence-corrected chi connectivity index (χ4v) is 3.22. The molecule has 0 spiro atoms. The summed E-state index contributed by atoms with van der Waals surface area (Å²) in [5.74, 6) is 2.37. The molecule has 4 rings (SSSR count). The Bertz CT molecular complexity index is 869. The summed E-state index contributed by atoms with van der Waals surface area (Å²) in [6.45, 7) is 2.80. The first kappa shape index (κ1) is 16.6. The molecule has 0 saturated heterocycles. The summed E-state index contributed by atoms with van der Waals surface area (Å²) >= 11 is 0. The molecule has 1 N–H and O–H groups in total. The number of ether oxygens (including phenoxy) is 1. The summed E-state index contributed by atoms with van der Waals surface area (Å²) < 4.78 is 11.5. The second kappa shape index (κ2) is 6.48. The van der Waals surface area contributed by atoms with Crippen LogP contribution in [0.4, 0.5) is 4.79 Å². The number of aromatic nitrogens is 1. The van der Waals surface area contributed by atoms with Crippen molar-refractivity contribution in [1.82, 2.24) is 9.88 Å². The summed E-state index contributed by atoms with van der Waals surface area (Å²) in [5, 5.41) is 9.19. The van der Waals surface area contributed by atoms with Crippen LogP contribution < -0.4 is 4.74 Å². The van der Waals surface area contributed by atoms with Crippen molar-refractivity contribution in [2.45, 2.75) is 45.3 Å². The van der Waals surface area contributed by atoms with Gasteiger partial charge in [0.15, 0.2) is 12.2 Å². The van der Waals surface area contributed by atoms with Crippen LogP contribution in [-0.2, 0) is 19.6 Å². The molecular weight excluding hydrogens is 336 g/mol. The first-order chi connectivity index (χ1) is 12.5. The molecule has 2 aromatic rings. The van der Waals surface area contributed by atoms with Crippen LogP contribution in [0, 0.1) is 6.92 Å². The minimum absolute atomic E-state index is 0.213. The fourth-order valence-electron chi connectivity index (χ4n) is 3.22. The molecular formula is C19H20N2O5. The van der Waals surface area contributed by atoms with Gasteiger partial charge in [0.25, 0.3) is 0 Å². The number of carboxylic acid groups (broad SMARTS) is 1. The first-order valence-corrected chi connectivity index (χ1v) is 8.73. The molecule has 2 heterocycles. The van der Waals surface area contributed by atoms with Gasteiger partial charge in [-0.3, -0.25) is 4.79 Å². The van der Waals surface area contributed by atoms with Crippen LogP contribution in [0.1, 0.15) is 57.6 Å². The van der Waals surface area contributed by atoms with Gasteiger partial charge < -0.3 is 19.2 Å². The Morgan fingerprint density at radius 3 is 2.92 bits per heavy atom. The maximum atomic E-state index is 11.4. The van der Waals surface area contributed by atoms with E-state index in [9.17, 15) is 14.7 Å². The number of amides is 1. The Morgan fingerprint density at radius 2 is 2.23 bits per heavy atom. The molecule has 26 heavy (non-hydrogen) atoms. The zero-order valence-corrected chi connectivity index (χ0v) is 14.5. The molecule has 1 aliphatic carbocycles. The fraction of sp³-hybridized carbons (Fsp3) is 0.421. The van der Waals surface area contributed by atoms with E-state index in [4.69, 9.17) is 9.15 Å². The molecule has 2 aliphatic rings. The number of hydrogen-bond donors (Lipinski definition) is 1.